The van der Waals surface area contributed by atoms with Crippen LogP contribution in [-0.2, 0) is 0 Å². The summed E-state index contributed by atoms with van der Waals surface area (Å²) >= 11 is 0. The molecule has 3 aromatic heterocycles. The Morgan fingerprint density at radius 1 is 1.40 bits per heavy atom. The molecule has 3 N–H and O–H groups in total. The van der Waals surface area contributed by atoms with Crippen LogP contribution in [0.5, 0.6) is 5.75 Å². The van der Waals surface area contributed by atoms with Crippen molar-refractivity contribution in [2.24, 2.45) is 0 Å². The number of carboxylic acid groups (broad SMARTS) is 1. The van der Waals surface area contributed by atoms with Crippen LogP contribution in [0.15, 0.2) is 36.8 Å². The van der Waals surface area contributed by atoms with E-state index in [-0.39, 0.29) is 6.54 Å². The summed E-state index contributed by atoms with van der Waals surface area (Å²) in [6, 6.07) is 7.11. The van der Waals surface area contributed by atoms with E-state index in [0.29, 0.717) is 35.8 Å². The van der Waals surface area contributed by atoms with Gasteiger partial charge in [-0.15, -0.1) is 0 Å². The number of hydrogen-bond acceptors (Lipinski definition) is 7. The Bertz CT molecular complexity index is 1120. The predicted octanol–water partition coefficient (Wildman–Crippen LogP) is 1.48. The number of anilines is 1. The molecule has 30 heavy (non-hydrogen) atoms. The Labute approximate surface area is 171 Å². The minimum Gasteiger partial charge on any atom is -0.492 e. The highest BCUT2D eigenvalue weighted by atomic mass is 16.5. The highest BCUT2D eigenvalue weighted by Crippen LogP contribution is 2.31. The van der Waals surface area contributed by atoms with Crippen LogP contribution in [0, 0.1) is 11.3 Å². The zero-order valence-corrected chi connectivity index (χ0v) is 16.2. The standard InChI is InChI=1S/C20H20N6O4/c1-2-30-14-5-15(19-13(6-21)8-23-26(19)9-14)12-3-4-18(22-7-12)25-10-16(17(27)11-25)24-20(28)29/h3-5,7-9,16-17,24,27H,2,10-11H2,1H3,(H,28,29)/t16-,17+/m1/s1. The van der Waals surface area contributed by atoms with E-state index in [1.54, 1.807) is 23.0 Å². The molecule has 0 spiro atoms. The van der Waals surface area contributed by atoms with Crippen LogP contribution >= 0.6 is 0 Å². The largest absolute Gasteiger partial charge is 0.492 e. The zero-order valence-electron chi connectivity index (χ0n) is 16.2. The monoisotopic (exact) mass is 408 g/mol. The topological polar surface area (TPSA) is 136 Å². The van der Waals surface area contributed by atoms with Crippen molar-refractivity contribution in [3.05, 3.63) is 42.4 Å². The number of nitrogens with zero attached hydrogens (tertiary/aromatic N) is 5. The molecule has 1 aliphatic rings. The first-order chi connectivity index (χ1) is 14.5. The van der Waals surface area contributed by atoms with Crippen molar-refractivity contribution in [3.63, 3.8) is 0 Å². The number of β-amino-alcohol motifs (C(OH)–C–C–N with tert-alkyl or cyclic N) is 1. The van der Waals surface area contributed by atoms with Gasteiger partial charge in [0.25, 0.3) is 0 Å². The first-order valence-corrected chi connectivity index (χ1v) is 9.43. The maximum Gasteiger partial charge on any atom is 0.405 e. The summed E-state index contributed by atoms with van der Waals surface area (Å²) in [6.45, 7) is 2.99. The number of carbonyl (C=O) groups is 1. The van der Waals surface area contributed by atoms with Gasteiger partial charge in [0, 0.05) is 30.4 Å². The van der Waals surface area contributed by atoms with Crippen LogP contribution in [0.4, 0.5) is 10.6 Å². The molecular formula is C20H20N6O4. The molecule has 1 fully saturated rings. The van der Waals surface area contributed by atoms with E-state index in [9.17, 15) is 15.2 Å². The Morgan fingerprint density at radius 2 is 2.23 bits per heavy atom. The molecule has 0 aliphatic carbocycles. The fraction of sp³-hybridized carbons (Fsp3) is 0.300. The number of aliphatic hydroxyl groups excluding tert-OH is 1. The minimum atomic E-state index is -1.17. The van der Waals surface area contributed by atoms with Gasteiger partial charge in [-0.25, -0.2) is 14.3 Å². The third-order valence-electron chi connectivity index (χ3n) is 5.00. The van der Waals surface area contributed by atoms with Gasteiger partial charge in [-0.1, -0.05) is 0 Å². The van der Waals surface area contributed by atoms with Gasteiger partial charge in [0.05, 0.1) is 42.2 Å². The number of nitriles is 1. The van der Waals surface area contributed by atoms with Gasteiger partial charge in [0.2, 0.25) is 0 Å². The van der Waals surface area contributed by atoms with Crippen molar-refractivity contribution in [1.82, 2.24) is 19.9 Å². The molecule has 1 aliphatic heterocycles. The lowest BCUT2D eigenvalue weighted by Crippen LogP contribution is -2.42. The lowest BCUT2D eigenvalue weighted by Gasteiger charge is -2.17. The zero-order chi connectivity index (χ0) is 21.3. The van der Waals surface area contributed by atoms with Gasteiger partial charge in [0.1, 0.15) is 17.6 Å². The van der Waals surface area contributed by atoms with E-state index in [4.69, 9.17) is 9.84 Å². The molecule has 1 amide bonds. The summed E-state index contributed by atoms with van der Waals surface area (Å²) in [5.41, 5.74) is 2.66. The molecule has 0 unspecified atom stereocenters. The maximum absolute atomic E-state index is 10.9. The Hall–Kier alpha value is -3.84. The number of rotatable bonds is 5. The van der Waals surface area contributed by atoms with Crippen LogP contribution in [0.25, 0.3) is 16.6 Å². The Morgan fingerprint density at radius 3 is 2.90 bits per heavy atom. The molecule has 10 heteroatoms. The van der Waals surface area contributed by atoms with E-state index in [0.717, 1.165) is 11.1 Å². The molecule has 1 saturated heterocycles. The van der Waals surface area contributed by atoms with Crippen molar-refractivity contribution in [2.45, 2.75) is 19.1 Å². The van der Waals surface area contributed by atoms with Crippen molar-refractivity contribution in [2.75, 3.05) is 24.6 Å². The lowest BCUT2D eigenvalue weighted by atomic mass is 10.1. The predicted molar refractivity (Wildman–Crippen MR) is 107 cm³/mol. The summed E-state index contributed by atoms with van der Waals surface area (Å²) in [4.78, 5) is 17.2. The molecule has 2 atom stereocenters. The molecule has 0 bridgehead atoms. The van der Waals surface area contributed by atoms with Crippen LogP contribution in [-0.4, -0.2) is 62.7 Å². The SMILES string of the molecule is CCOc1cc(-c2ccc(N3C[C@H](O)[C@H](NC(=O)O)C3)nc2)c2c(C#N)cnn2c1. The van der Waals surface area contributed by atoms with E-state index in [1.807, 2.05) is 24.0 Å². The van der Waals surface area contributed by atoms with E-state index >= 15 is 0 Å². The van der Waals surface area contributed by atoms with Gasteiger partial charge in [0.15, 0.2) is 0 Å². The number of pyridine rings is 2. The van der Waals surface area contributed by atoms with Gasteiger partial charge >= 0.3 is 6.09 Å². The number of nitrogens with one attached hydrogen (secondary N) is 1. The molecule has 10 nitrogen and oxygen atoms in total. The number of fused-ring (bicyclic) bond motifs is 1. The van der Waals surface area contributed by atoms with Crippen LogP contribution in [0.3, 0.4) is 0 Å². The summed E-state index contributed by atoms with van der Waals surface area (Å²) in [5.74, 6) is 1.25. The second kappa shape index (κ2) is 7.88. The van der Waals surface area contributed by atoms with Crippen molar-refractivity contribution in [1.29, 1.82) is 5.26 Å². The molecule has 4 rings (SSSR count). The molecule has 3 aromatic rings. The number of ether oxygens (including phenoxy) is 1. The molecule has 154 valence electrons. The molecular weight excluding hydrogens is 388 g/mol. The second-order valence-corrected chi connectivity index (χ2v) is 6.92. The number of aliphatic hydroxyl groups is 1. The van der Waals surface area contributed by atoms with E-state index in [2.05, 4.69) is 21.5 Å². The third kappa shape index (κ3) is 3.58. The van der Waals surface area contributed by atoms with Gasteiger partial charge in [-0.2, -0.15) is 10.4 Å². The maximum atomic E-state index is 10.9. The summed E-state index contributed by atoms with van der Waals surface area (Å²) in [6.07, 6.45) is 2.94. The fourth-order valence-electron chi connectivity index (χ4n) is 3.65. The van der Waals surface area contributed by atoms with E-state index in [1.165, 1.54) is 6.20 Å². The second-order valence-electron chi connectivity index (χ2n) is 6.92. The van der Waals surface area contributed by atoms with Gasteiger partial charge in [-0.3, -0.25) is 0 Å². The molecule has 4 heterocycles. The highest BCUT2D eigenvalue weighted by Gasteiger charge is 2.33. The fourth-order valence-corrected chi connectivity index (χ4v) is 3.65. The first kappa shape index (κ1) is 19.5. The molecule has 0 radical (unpaired) electrons. The smallest absolute Gasteiger partial charge is 0.405 e. The third-order valence-corrected chi connectivity index (χ3v) is 5.00. The van der Waals surface area contributed by atoms with E-state index < -0.39 is 18.2 Å². The minimum absolute atomic E-state index is 0.280. The highest BCUT2D eigenvalue weighted by molar-refractivity contribution is 5.85. The van der Waals surface area contributed by atoms with Crippen molar-refractivity contribution in [3.8, 4) is 22.9 Å². The Kier molecular flexibility index (Phi) is 5.12. The van der Waals surface area contributed by atoms with Crippen molar-refractivity contribution < 1.29 is 19.7 Å². The average Bonchev–Trinajstić information content (AvgIpc) is 3.31. The van der Waals surface area contributed by atoms with Gasteiger partial charge in [-0.05, 0) is 25.1 Å². The van der Waals surface area contributed by atoms with Crippen LogP contribution in [0.2, 0.25) is 0 Å². The number of aromatic nitrogens is 3. The van der Waals surface area contributed by atoms with Gasteiger partial charge < -0.3 is 25.2 Å². The summed E-state index contributed by atoms with van der Waals surface area (Å²) in [7, 11) is 0. The number of amides is 1. The Balaban J connectivity index is 1.66. The summed E-state index contributed by atoms with van der Waals surface area (Å²) < 4.78 is 7.24. The lowest BCUT2D eigenvalue weighted by molar-refractivity contribution is 0.148. The first-order valence-electron chi connectivity index (χ1n) is 9.43. The average molecular weight is 408 g/mol. The number of hydrogen-bond donors (Lipinski definition) is 3. The quantitative estimate of drug-likeness (QED) is 0.578. The summed E-state index contributed by atoms with van der Waals surface area (Å²) in [5, 5.41) is 35.0. The normalized spacial score (nSPS) is 18.4. The van der Waals surface area contributed by atoms with Crippen LogP contribution < -0.4 is 15.0 Å². The van der Waals surface area contributed by atoms with Crippen molar-refractivity contribution >= 4 is 17.4 Å². The van der Waals surface area contributed by atoms with Crippen LogP contribution in [0.1, 0.15) is 12.5 Å². The molecule has 0 aromatic carbocycles. The molecule has 0 saturated carbocycles.